The quantitative estimate of drug-likeness (QED) is 0.221. The van der Waals surface area contributed by atoms with Gasteiger partial charge >= 0.3 is 5.97 Å². The van der Waals surface area contributed by atoms with E-state index in [0.29, 0.717) is 11.5 Å². The third-order valence-corrected chi connectivity index (χ3v) is 7.67. The van der Waals surface area contributed by atoms with E-state index < -0.39 is 67.2 Å². The Labute approximate surface area is 218 Å². The first kappa shape index (κ1) is 27.1. The minimum atomic E-state index is -1.62. The third kappa shape index (κ3) is 4.42. The van der Waals surface area contributed by atoms with Crippen molar-refractivity contribution < 1.29 is 63.1 Å². The average molecular weight is 541 g/mol. The molecule has 3 fully saturated rings. The summed E-state index contributed by atoms with van der Waals surface area (Å²) in [4.78, 5) is 12.9. The van der Waals surface area contributed by atoms with Crippen molar-refractivity contribution in [3.63, 3.8) is 0 Å². The predicted molar refractivity (Wildman–Crippen MR) is 124 cm³/mol. The Morgan fingerprint density at radius 3 is 2.47 bits per heavy atom. The van der Waals surface area contributed by atoms with Gasteiger partial charge in [0.2, 0.25) is 6.29 Å². The molecular formula is C25H32O13. The van der Waals surface area contributed by atoms with Crippen LogP contribution in [0, 0.1) is 11.8 Å². The van der Waals surface area contributed by atoms with Crippen molar-refractivity contribution in [1.29, 1.82) is 0 Å². The second-order valence-electron chi connectivity index (χ2n) is 9.61. The Hall–Kier alpha value is -2.49. The first-order valence-corrected chi connectivity index (χ1v) is 12.2. The highest BCUT2D eigenvalue weighted by atomic mass is 16.8. The van der Waals surface area contributed by atoms with Gasteiger partial charge < -0.3 is 58.3 Å². The summed E-state index contributed by atoms with van der Waals surface area (Å²) in [6, 6.07) is 4.66. The molecular weight excluding hydrogens is 508 g/mol. The number of carbonyl (C=O) groups is 1. The molecule has 13 nitrogen and oxygen atoms in total. The number of esters is 1. The Kier molecular flexibility index (Phi) is 7.55. The van der Waals surface area contributed by atoms with Crippen molar-refractivity contribution in [3.8, 4) is 11.5 Å². The number of rotatable bonds is 9. The second kappa shape index (κ2) is 10.6. The molecule has 0 spiro atoms. The maximum Gasteiger partial charge on any atom is 0.338 e. The highest BCUT2D eigenvalue weighted by Crippen LogP contribution is 2.60. The van der Waals surface area contributed by atoms with Crippen molar-refractivity contribution in [3.05, 3.63) is 36.1 Å². The molecule has 0 aromatic heterocycles. The lowest BCUT2D eigenvalue weighted by Gasteiger charge is -2.43. The number of fused-ring (bicyclic) bond motifs is 3. The maximum absolute atomic E-state index is 12.9. The molecule has 0 unspecified atom stereocenters. The van der Waals surface area contributed by atoms with Crippen molar-refractivity contribution in [2.45, 2.75) is 54.8 Å². The summed E-state index contributed by atoms with van der Waals surface area (Å²) in [6.07, 6.45) is -5.96. The molecule has 0 radical (unpaired) electrons. The van der Waals surface area contributed by atoms with Crippen LogP contribution in [-0.4, -0.2) is 116 Å². The van der Waals surface area contributed by atoms with E-state index in [1.54, 1.807) is 25.3 Å². The number of benzene rings is 1. The van der Waals surface area contributed by atoms with Crippen molar-refractivity contribution >= 4 is 5.97 Å². The molecule has 13 heteroatoms. The van der Waals surface area contributed by atoms with Crippen LogP contribution in [-0.2, 0) is 28.4 Å². The molecule has 1 aromatic rings. The van der Waals surface area contributed by atoms with Gasteiger partial charge in [0, 0.05) is 13.0 Å². The summed E-state index contributed by atoms with van der Waals surface area (Å²) in [7, 11) is 4.50. The van der Waals surface area contributed by atoms with Crippen LogP contribution < -0.4 is 9.47 Å². The summed E-state index contributed by atoms with van der Waals surface area (Å²) in [5, 5.41) is 40.2. The zero-order chi connectivity index (χ0) is 27.2. The molecule has 1 saturated carbocycles. The van der Waals surface area contributed by atoms with E-state index in [2.05, 4.69) is 0 Å². The Morgan fingerprint density at radius 2 is 1.79 bits per heavy atom. The third-order valence-electron chi connectivity index (χ3n) is 7.67. The molecule has 0 amide bonds. The highest BCUT2D eigenvalue weighted by molar-refractivity contribution is 5.90. The van der Waals surface area contributed by atoms with Crippen LogP contribution in [0.1, 0.15) is 10.4 Å². The standard InChI is InChI=1S/C25H32O13/c1-31-13-5-4-11(8-14(13)32-2)22(30)35-10-25-16-12(20(33-3)21(25)38-25)6-7-34-23(16)37-24-19(29)18(28)17(27)15(9-26)36-24/h4-8,12,15-21,23-24,26-29H,9-10H2,1-3H3/t12-,15-,16-,17-,18+,19-,20+,21+,23+,24+,25-/m1/s1. The number of methoxy groups -OCH3 is 3. The number of hydrogen-bond donors (Lipinski definition) is 4. The van der Waals surface area contributed by atoms with Crippen LogP contribution in [0.3, 0.4) is 0 Å². The molecule has 210 valence electrons. The fourth-order valence-corrected chi connectivity index (χ4v) is 5.63. The van der Waals surface area contributed by atoms with Crippen molar-refractivity contribution in [2.75, 3.05) is 34.5 Å². The van der Waals surface area contributed by atoms with Crippen LogP contribution >= 0.6 is 0 Å². The van der Waals surface area contributed by atoms with E-state index in [1.807, 2.05) is 0 Å². The first-order valence-electron chi connectivity index (χ1n) is 12.2. The number of hydrogen-bond acceptors (Lipinski definition) is 13. The van der Waals surface area contributed by atoms with Crippen LogP contribution in [0.15, 0.2) is 30.5 Å². The van der Waals surface area contributed by atoms with E-state index in [9.17, 15) is 25.2 Å². The molecule has 4 N–H and O–H groups in total. The number of ether oxygens (including phenoxy) is 8. The zero-order valence-electron chi connectivity index (χ0n) is 21.0. The lowest BCUT2D eigenvalue weighted by Crippen LogP contribution is -2.60. The predicted octanol–water partition coefficient (Wildman–Crippen LogP) is -1.05. The van der Waals surface area contributed by atoms with Crippen molar-refractivity contribution in [2.24, 2.45) is 11.8 Å². The van der Waals surface area contributed by atoms with Crippen LogP contribution in [0.2, 0.25) is 0 Å². The van der Waals surface area contributed by atoms with E-state index in [-0.39, 0.29) is 24.2 Å². The van der Waals surface area contributed by atoms with E-state index in [4.69, 9.17) is 37.9 Å². The number of epoxide rings is 1. The Morgan fingerprint density at radius 1 is 1.03 bits per heavy atom. The van der Waals surface area contributed by atoms with Gasteiger partial charge in [-0.05, 0) is 24.3 Å². The zero-order valence-corrected chi connectivity index (χ0v) is 21.0. The Bertz CT molecular complexity index is 1050. The molecule has 38 heavy (non-hydrogen) atoms. The average Bonchev–Trinajstić information content (AvgIpc) is 3.59. The number of aliphatic hydroxyl groups excluding tert-OH is 4. The maximum atomic E-state index is 12.9. The summed E-state index contributed by atoms with van der Waals surface area (Å²) < 4.78 is 45.0. The minimum absolute atomic E-state index is 0.141. The molecule has 1 aliphatic carbocycles. The van der Waals surface area contributed by atoms with Gasteiger partial charge in [0.1, 0.15) is 42.7 Å². The molecule has 2 saturated heterocycles. The van der Waals surface area contributed by atoms with Gasteiger partial charge in [-0.2, -0.15) is 0 Å². The fraction of sp³-hybridized carbons (Fsp3) is 0.640. The highest BCUT2D eigenvalue weighted by Gasteiger charge is 2.77. The fourth-order valence-electron chi connectivity index (χ4n) is 5.63. The smallest absolute Gasteiger partial charge is 0.338 e. The second-order valence-corrected chi connectivity index (χ2v) is 9.61. The van der Waals surface area contributed by atoms with Crippen LogP contribution in [0.25, 0.3) is 0 Å². The largest absolute Gasteiger partial charge is 0.493 e. The summed E-state index contributed by atoms with van der Waals surface area (Å²) >= 11 is 0. The summed E-state index contributed by atoms with van der Waals surface area (Å²) in [5.74, 6) is -0.560. The van der Waals surface area contributed by atoms with Gasteiger partial charge in [-0.25, -0.2) is 4.79 Å². The molecule has 5 rings (SSSR count). The molecule has 11 atom stereocenters. The summed E-state index contributed by atoms with van der Waals surface area (Å²) in [6.45, 7) is -0.743. The van der Waals surface area contributed by atoms with E-state index in [0.717, 1.165) is 0 Å². The molecule has 3 heterocycles. The van der Waals surface area contributed by atoms with Gasteiger partial charge in [-0.1, -0.05) is 0 Å². The van der Waals surface area contributed by atoms with Gasteiger partial charge in [-0.3, -0.25) is 0 Å². The van der Waals surface area contributed by atoms with E-state index >= 15 is 0 Å². The molecule has 4 aliphatic rings. The SMILES string of the molecule is COc1ccc(C(=O)OC[C@]23O[C@H]2[C@@H](OC)[C@@H]2C=CO[C@@H](O[C@@H]4O[C@H](CO)[C@@H](O)[C@H](O)[C@H]4O)[C@@H]23)cc1OC. The number of aliphatic hydroxyl groups is 4. The lowest BCUT2D eigenvalue weighted by molar-refractivity contribution is -0.344. The van der Waals surface area contributed by atoms with Gasteiger partial charge in [-0.15, -0.1) is 0 Å². The van der Waals surface area contributed by atoms with Crippen LogP contribution in [0.4, 0.5) is 0 Å². The van der Waals surface area contributed by atoms with Crippen molar-refractivity contribution in [1.82, 2.24) is 0 Å². The Balaban J connectivity index is 1.33. The molecule has 1 aromatic carbocycles. The van der Waals surface area contributed by atoms with Gasteiger partial charge in [0.25, 0.3) is 0 Å². The normalized spacial score (nSPS) is 41.0. The van der Waals surface area contributed by atoms with Gasteiger partial charge in [0.15, 0.2) is 17.8 Å². The van der Waals surface area contributed by atoms with E-state index in [1.165, 1.54) is 26.5 Å². The minimum Gasteiger partial charge on any atom is -0.493 e. The van der Waals surface area contributed by atoms with Crippen LogP contribution in [0.5, 0.6) is 11.5 Å². The molecule has 0 bridgehead atoms. The first-order chi connectivity index (χ1) is 18.3. The lowest BCUT2D eigenvalue weighted by atomic mass is 9.85. The summed E-state index contributed by atoms with van der Waals surface area (Å²) in [5.41, 5.74) is -0.760. The van der Waals surface area contributed by atoms with Gasteiger partial charge in [0.05, 0.1) is 44.7 Å². The molecule has 3 aliphatic heterocycles. The topological polar surface area (TPSA) is 175 Å². The monoisotopic (exact) mass is 540 g/mol. The number of carbonyl (C=O) groups excluding carboxylic acids is 1.